The number of aromatic nitrogens is 2. The Bertz CT molecular complexity index is 1110. The van der Waals surface area contributed by atoms with Gasteiger partial charge in [0.25, 0.3) is 5.89 Å². The lowest BCUT2D eigenvalue weighted by Gasteiger charge is -2.36. The Kier molecular flexibility index (Phi) is 6.13. The lowest BCUT2D eigenvalue weighted by Crippen LogP contribution is -2.45. The van der Waals surface area contributed by atoms with Gasteiger partial charge in [0.1, 0.15) is 0 Å². The summed E-state index contributed by atoms with van der Waals surface area (Å²) in [4.78, 5) is 7.93. The zero-order chi connectivity index (χ0) is 21.3. The molecule has 0 saturated heterocycles. The number of nitrogens with one attached hydrogen (secondary N) is 1. The number of rotatable bonds is 5. The van der Waals surface area contributed by atoms with Crippen LogP contribution in [0.1, 0.15) is 31.3 Å². The van der Waals surface area contributed by atoms with E-state index in [0.717, 1.165) is 28.9 Å². The average molecular weight is 457 g/mol. The summed E-state index contributed by atoms with van der Waals surface area (Å²) in [7, 11) is 0. The molecule has 0 fully saturated rings. The minimum absolute atomic E-state index is 0.230. The van der Waals surface area contributed by atoms with E-state index in [2.05, 4.69) is 29.5 Å². The number of allylic oxidation sites excluding steroid dienone is 1. The highest BCUT2D eigenvalue weighted by molar-refractivity contribution is 7.98. The van der Waals surface area contributed by atoms with Gasteiger partial charge in [-0.25, -0.2) is 0 Å². The molecular formula is C22H21ClN4OS2. The number of thiocarbonyl (C=S) groups is 1. The van der Waals surface area contributed by atoms with Gasteiger partial charge < -0.3 is 14.7 Å². The second-order valence-electron chi connectivity index (χ2n) is 6.83. The maximum atomic E-state index is 6.26. The van der Waals surface area contributed by atoms with E-state index in [-0.39, 0.29) is 6.04 Å². The molecule has 1 unspecified atom stereocenters. The molecule has 5 nitrogen and oxygen atoms in total. The van der Waals surface area contributed by atoms with Crippen molar-refractivity contribution in [2.75, 3.05) is 12.8 Å². The van der Waals surface area contributed by atoms with Crippen LogP contribution in [0.5, 0.6) is 0 Å². The zero-order valence-electron chi connectivity index (χ0n) is 16.8. The minimum Gasteiger partial charge on any atom is -0.351 e. The van der Waals surface area contributed by atoms with Crippen LogP contribution < -0.4 is 5.32 Å². The van der Waals surface area contributed by atoms with E-state index in [1.165, 1.54) is 4.90 Å². The maximum absolute atomic E-state index is 6.26. The van der Waals surface area contributed by atoms with Gasteiger partial charge in [0.05, 0.1) is 11.6 Å². The fraction of sp³-hybridized carbons (Fsp3) is 0.227. The van der Waals surface area contributed by atoms with Crippen LogP contribution in [0.2, 0.25) is 5.02 Å². The molecule has 0 bridgehead atoms. The predicted octanol–water partition coefficient (Wildman–Crippen LogP) is 5.79. The van der Waals surface area contributed by atoms with Crippen molar-refractivity contribution in [3.8, 4) is 11.4 Å². The Morgan fingerprint density at radius 2 is 2.00 bits per heavy atom. The second kappa shape index (κ2) is 8.79. The number of hydrogen-bond acceptors (Lipinski definition) is 5. The smallest absolute Gasteiger partial charge is 0.258 e. The summed E-state index contributed by atoms with van der Waals surface area (Å²) in [6.07, 6.45) is 2.05. The topological polar surface area (TPSA) is 54.2 Å². The lowest BCUT2D eigenvalue weighted by atomic mass is 9.95. The first-order valence-corrected chi connectivity index (χ1v) is 11.6. The molecule has 30 heavy (non-hydrogen) atoms. The van der Waals surface area contributed by atoms with Crippen molar-refractivity contribution in [3.05, 3.63) is 70.7 Å². The Hall–Kier alpha value is -2.35. The first-order chi connectivity index (χ1) is 14.5. The van der Waals surface area contributed by atoms with E-state index in [0.29, 0.717) is 21.9 Å². The molecule has 0 radical (unpaired) electrons. The van der Waals surface area contributed by atoms with E-state index < -0.39 is 0 Å². The van der Waals surface area contributed by atoms with Gasteiger partial charge >= 0.3 is 0 Å². The molecule has 1 aliphatic rings. The SMILES string of the molecule is CCN1C(=S)NC(c2cccc(Cl)c2)C(c2nc(-c3ccc(SC)cc3)no2)=C1C. The van der Waals surface area contributed by atoms with Gasteiger partial charge in [-0.2, -0.15) is 4.98 Å². The van der Waals surface area contributed by atoms with E-state index >= 15 is 0 Å². The van der Waals surface area contributed by atoms with Crippen molar-refractivity contribution in [1.29, 1.82) is 0 Å². The lowest BCUT2D eigenvalue weighted by molar-refractivity contribution is 0.398. The quantitative estimate of drug-likeness (QED) is 0.385. The van der Waals surface area contributed by atoms with Crippen molar-refractivity contribution < 1.29 is 4.52 Å². The van der Waals surface area contributed by atoms with E-state index in [1.807, 2.05) is 54.5 Å². The summed E-state index contributed by atoms with van der Waals surface area (Å²) in [5.41, 5.74) is 3.78. The number of benzene rings is 2. The van der Waals surface area contributed by atoms with Crippen LogP contribution in [0, 0.1) is 0 Å². The molecule has 3 aromatic rings. The maximum Gasteiger partial charge on any atom is 0.258 e. The molecule has 1 atom stereocenters. The van der Waals surface area contributed by atoms with Gasteiger partial charge in [-0.3, -0.25) is 0 Å². The van der Waals surface area contributed by atoms with Gasteiger partial charge in [0.2, 0.25) is 5.82 Å². The summed E-state index contributed by atoms with van der Waals surface area (Å²) >= 11 is 13.6. The Morgan fingerprint density at radius 3 is 2.67 bits per heavy atom. The molecule has 0 amide bonds. The van der Waals surface area contributed by atoms with E-state index in [9.17, 15) is 0 Å². The minimum atomic E-state index is -0.230. The fourth-order valence-corrected chi connectivity index (χ4v) is 4.56. The largest absolute Gasteiger partial charge is 0.351 e. The Balaban J connectivity index is 1.79. The first-order valence-electron chi connectivity index (χ1n) is 9.54. The molecule has 154 valence electrons. The van der Waals surface area contributed by atoms with Gasteiger partial charge in [0, 0.05) is 27.7 Å². The highest BCUT2D eigenvalue weighted by atomic mass is 35.5. The fourth-order valence-electron chi connectivity index (χ4n) is 3.57. The Labute approximate surface area is 190 Å². The third-order valence-corrected chi connectivity index (χ3v) is 6.42. The summed E-state index contributed by atoms with van der Waals surface area (Å²) in [5.74, 6) is 1.02. The monoisotopic (exact) mass is 456 g/mol. The van der Waals surface area contributed by atoms with Crippen LogP contribution in [0.3, 0.4) is 0 Å². The van der Waals surface area contributed by atoms with Crippen molar-refractivity contribution in [3.63, 3.8) is 0 Å². The summed E-state index contributed by atoms with van der Waals surface area (Å²) in [6.45, 7) is 4.82. The van der Waals surface area contributed by atoms with Crippen LogP contribution >= 0.6 is 35.6 Å². The molecule has 0 spiro atoms. The molecule has 1 N–H and O–H groups in total. The van der Waals surface area contributed by atoms with Crippen LogP contribution in [-0.4, -0.2) is 33.0 Å². The van der Waals surface area contributed by atoms with Crippen LogP contribution in [-0.2, 0) is 0 Å². The van der Waals surface area contributed by atoms with Gasteiger partial charge in [-0.1, -0.05) is 28.9 Å². The Morgan fingerprint density at radius 1 is 1.23 bits per heavy atom. The molecule has 2 heterocycles. The van der Waals surface area contributed by atoms with Crippen LogP contribution in [0.25, 0.3) is 17.0 Å². The predicted molar refractivity (Wildman–Crippen MR) is 126 cm³/mol. The normalized spacial score (nSPS) is 16.7. The molecule has 0 saturated carbocycles. The van der Waals surface area contributed by atoms with E-state index in [4.69, 9.17) is 33.3 Å². The molecule has 2 aromatic carbocycles. The third-order valence-electron chi connectivity index (χ3n) is 5.10. The van der Waals surface area contributed by atoms with Crippen LogP contribution in [0.15, 0.2) is 63.6 Å². The van der Waals surface area contributed by atoms with E-state index in [1.54, 1.807) is 11.8 Å². The van der Waals surface area contributed by atoms with Gasteiger partial charge in [-0.05, 0) is 74.3 Å². The van der Waals surface area contributed by atoms with Crippen molar-refractivity contribution in [1.82, 2.24) is 20.4 Å². The average Bonchev–Trinajstić information content (AvgIpc) is 3.23. The molecule has 8 heteroatoms. The number of thioether (sulfide) groups is 1. The summed E-state index contributed by atoms with van der Waals surface area (Å²) < 4.78 is 5.73. The van der Waals surface area contributed by atoms with Crippen LogP contribution in [0.4, 0.5) is 0 Å². The number of hydrogen-bond donors (Lipinski definition) is 1. The second-order valence-corrected chi connectivity index (χ2v) is 8.54. The van der Waals surface area contributed by atoms with Crippen molar-refractivity contribution >= 4 is 46.3 Å². The molecule has 1 aromatic heterocycles. The standard InChI is InChI=1S/C22H21ClN4OS2/c1-4-27-13(2)18(19(24-22(27)29)15-6-5-7-16(23)12-15)21-25-20(26-28-21)14-8-10-17(30-3)11-9-14/h5-12,19H,4H2,1-3H3,(H,24,29). The molecule has 4 rings (SSSR count). The third kappa shape index (κ3) is 3.97. The summed E-state index contributed by atoms with van der Waals surface area (Å²) in [5, 5.41) is 8.97. The van der Waals surface area contributed by atoms with Gasteiger partial charge in [0.15, 0.2) is 5.11 Å². The van der Waals surface area contributed by atoms with Crippen molar-refractivity contribution in [2.45, 2.75) is 24.8 Å². The summed E-state index contributed by atoms with van der Waals surface area (Å²) in [6, 6.07) is 15.6. The van der Waals surface area contributed by atoms with Gasteiger partial charge in [-0.15, -0.1) is 11.8 Å². The zero-order valence-corrected chi connectivity index (χ0v) is 19.2. The highest BCUT2D eigenvalue weighted by Gasteiger charge is 2.33. The highest BCUT2D eigenvalue weighted by Crippen LogP contribution is 2.38. The first kappa shape index (κ1) is 20.9. The van der Waals surface area contributed by atoms with Crippen molar-refractivity contribution in [2.24, 2.45) is 0 Å². The molecular weight excluding hydrogens is 436 g/mol. The number of nitrogens with zero attached hydrogens (tertiary/aromatic N) is 3. The molecule has 0 aliphatic carbocycles. The number of halogens is 1. The molecule has 1 aliphatic heterocycles.